The molecule has 0 amide bonds. The van der Waals surface area contributed by atoms with Crippen LogP contribution < -0.4 is 10.5 Å². The lowest BCUT2D eigenvalue weighted by Gasteiger charge is -2.17. The van der Waals surface area contributed by atoms with Gasteiger partial charge in [0.2, 0.25) is 0 Å². The van der Waals surface area contributed by atoms with Crippen molar-refractivity contribution in [3.05, 3.63) is 23.8 Å². The first kappa shape index (κ1) is 13.5. The summed E-state index contributed by atoms with van der Waals surface area (Å²) in [6.07, 6.45) is 0. The van der Waals surface area contributed by atoms with Gasteiger partial charge in [0.05, 0.1) is 12.3 Å². The van der Waals surface area contributed by atoms with Gasteiger partial charge >= 0.3 is 0 Å². The molecule has 1 aromatic rings. The molecule has 0 aliphatic carbocycles. The lowest BCUT2D eigenvalue weighted by Crippen LogP contribution is -2.20. The number of nitrogen functional groups attached to an aromatic ring is 1. The highest BCUT2D eigenvalue weighted by atomic mass is 16.5. The van der Waals surface area contributed by atoms with Crippen LogP contribution in [0.4, 0.5) is 5.69 Å². The minimum Gasteiger partial charge on any atom is -0.489 e. The van der Waals surface area contributed by atoms with Crippen LogP contribution in [0.5, 0.6) is 5.75 Å². The van der Waals surface area contributed by atoms with E-state index in [1.807, 2.05) is 20.8 Å². The van der Waals surface area contributed by atoms with E-state index < -0.39 is 5.41 Å². The zero-order valence-corrected chi connectivity index (χ0v) is 10.5. The second-order valence-electron chi connectivity index (χ2n) is 4.90. The zero-order valence-electron chi connectivity index (χ0n) is 10.5. The van der Waals surface area contributed by atoms with Crippen LogP contribution in [0, 0.1) is 5.41 Å². The Hall–Kier alpha value is -1.55. The Morgan fingerprint density at radius 1 is 1.41 bits per heavy atom. The lowest BCUT2D eigenvalue weighted by atomic mass is 9.86. The molecule has 0 spiro atoms. The van der Waals surface area contributed by atoms with Crippen LogP contribution in [0.15, 0.2) is 18.2 Å². The average molecular weight is 237 g/mol. The van der Waals surface area contributed by atoms with Crippen LogP contribution in [0.25, 0.3) is 0 Å². The number of rotatable bonds is 4. The van der Waals surface area contributed by atoms with Crippen molar-refractivity contribution in [2.45, 2.75) is 20.8 Å². The maximum atomic E-state index is 12.0. The predicted octanol–water partition coefficient (Wildman–Crippen LogP) is 1.87. The van der Waals surface area contributed by atoms with E-state index in [-0.39, 0.29) is 19.0 Å². The number of Topliss-reactive ketones (excluding diaryl/α,β-unsaturated/α-hetero) is 1. The molecule has 0 atom stereocenters. The van der Waals surface area contributed by atoms with E-state index in [9.17, 15) is 4.79 Å². The molecular weight excluding hydrogens is 218 g/mol. The van der Waals surface area contributed by atoms with Crippen molar-refractivity contribution in [1.29, 1.82) is 0 Å². The summed E-state index contributed by atoms with van der Waals surface area (Å²) in [4.78, 5) is 12.0. The molecule has 0 bridgehead atoms. The predicted molar refractivity (Wildman–Crippen MR) is 67.2 cm³/mol. The molecule has 4 heteroatoms. The maximum Gasteiger partial charge on any atom is 0.168 e. The Labute approximate surface area is 101 Å². The highest BCUT2D eigenvalue weighted by Gasteiger charge is 2.23. The van der Waals surface area contributed by atoms with Gasteiger partial charge in [0.1, 0.15) is 12.4 Å². The van der Waals surface area contributed by atoms with Gasteiger partial charge in [-0.25, -0.2) is 0 Å². The quantitative estimate of drug-likeness (QED) is 0.619. The Morgan fingerprint density at radius 2 is 2.06 bits per heavy atom. The maximum absolute atomic E-state index is 12.0. The third-order valence-corrected chi connectivity index (χ3v) is 2.30. The number of aliphatic hydroxyl groups excluding tert-OH is 1. The standard InChI is InChI=1S/C13H19NO3/c1-13(2,3)12(16)9-4-5-11(10(14)8-9)17-7-6-15/h4-5,8,15H,6-7,14H2,1-3H3. The number of benzene rings is 1. The molecular formula is C13H19NO3. The molecule has 0 heterocycles. The third-order valence-electron chi connectivity index (χ3n) is 2.30. The molecule has 94 valence electrons. The van der Waals surface area contributed by atoms with Crippen molar-refractivity contribution in [3.8, 4) is 5.75 Å². The number of hydrogen-bond donors (Lipinski definition) is 2. The van der Waals surface area contributed by atoms with E-state index in [1.165, 1.54) is 0 Å². The number of nitrogens with two attached hydrogens (primary N) is 1. The van der Waals surface area contributed by atoms with E-state index >= 15 is 0 Å². The Balaban J connectivity index is 2.93. The van der Waals surface area contributed by atoms with E-state index in [0.717, 1.165) is 0 Å². The number of carbonyl (C=O) groups excluding carboxylic acids is 1. The molecule has 4 nitrogen and oxygen atoms in total. The summed E-state index contributed by atoms with van der Waals surface area (Å²) < 4.78 is 5.22. The van der Waals surface area contributed by atoms with E-state index in [1.54, 1.807) is 18.2 Å². The van der Waals surface area contributed by atoms with Crippen LogP contribution >= 0.6 is 0 Å². The number of aliphatic hydroxyl groups is 1. The molecule has 1 aromatic carbocycles. The second-order valence-corrected chi connectivity index (χ2v) is 4.90. The first-order valence-corrected chi connectivity index (χ1v) is 5.54. The molecule has 0 saturated carbocycles. The average Bonchev–Trinajstić information content (AvgIpc) is 2.25. The van der Waals surface area contributed by atoms with Gasteiger partial charge in [0, 0.05) is 11.0 Å². The van der Waals surface area contributed by atoms with Gasteiger partial charge in [-0.15, -0.1) is 0 Å². The van der Waals surface area contributed by atoms with Crippen molar-refractivity contribution < 1.29 is 14.6 Å². The van der Waals surface area contributed by atoms with E-state index in [2.05, 4.69) is 0 Å². The molecule has 3 N–H and O–H groups in total. The molecule has 0 radical (unpaired) electrons. The normalized spacial score (nSPS) is 11.3. The fourth-order valence-corrected chi connectivity index (χ4v) is 1.41. The Bertz CT molecular complexity index is 408. The largest absolute Gasteiger partial charge is 0.489 e. The Kier molecular flexibility index (Phi) is 4.12. The SMILES string of the molecule is CC(C)(C)C(=O)c1ccc(OCCO)c(N)c1. The van der Waals surface area contributed by atoms with Gasteiger partial charge < -0.3 is 15.6 Å². The molecule has 0 unspecified atom stereocenters. The summed E-state index contributed by atoms with van der Waals surface area (Å²) in [5, 5.41) is 8.65. The van der Waals surface area contributed by atoms with Crippen LogP contribution in [0.2, 0.25) is 0 Å². The Morgan fingerprint density at radius 3 is 2.53 bits per heavy atom. The first-order chi connectivity index (χ1) is 7.86. The number of ether oxygens (including phenoxy) is 1. The molecule has 17 heavy (non-hydrogen) atoms. The van der Waals surface area contributed by atoms with Gasteiger partial charge in [-0.3, -0.25) is 4.79 Å². The summed E-state index contributed by atoms with van der Waals surface area (Å²) >= 11 is 0. The monoisotopic (exact) mass is 237 g/mol. The number of hydrogen-bond acceptors (Lipinski definition) is 4. The third kappa shape index (κ3) is 3.46. The topological polar surface area (TPSA) is 72.5 Å². The number of carbonyl (C=O) groups is 1. The summed E-state index contributed by atoms with van der Waals surface area (Å²) in [5.41, 5.74) is 6.34. The van der Waals surface area contributed by atoms with Crippen LogP contribution in [-0.4, -0.2) is 24.1 Å². The molecule has 1 rings (SSSR count). The van der Waals surface area contributed by atoms with Crippen LogP contribution in [0.3, 0.4) is 0 Å². The lowest BCUT2D eigenvalue weighted by molar-refractivity contribution is 0.0858. The molecule has 0 saturated heterocycles. The van der Waals surface area contributed by atoms with E-state index in [4.69, 9.17) is 15.6 Å². The number of anilines is 1. The summed E-state index contributed by atoms with van der Waals surface area (Å²) in [7, 11) is 0. The minimum absolute atomic E-state index is 0.0397. The van der Waals surface area contributed by atoms with Crippen LogP contribution in [-0.2, 0) is 0 Å². The zero-order chi connectivity index (χ0) is 13.1. The van der Waals surface area contributed by atoms with Crippen molar-refractivity contribution in [2.24, 2.45) is 5.41 Å². The van der Waals surface area contributed by atoms with Crippen molar-refractivity contribution in [3.63, 3.8) is 0 Å². The van der Waals surface area contributed by atoms with Gasteiger partial charge in [0.15, 0.2) is 5.78 Å². The first-order valence-electron chi connectivity index (χ1n) is 5.54. The van der Waals surface area contributed by atoms with E-state index in [0.29, 0.717) is 17.0 Å². The van der Waals surface area contributed by atoms with Crippen molar-refractivity contribution in [1.82, 2.24) is 0 Å². The van der Waals surface area contributed by atoms with Crippen molar-refractivity contribution in [2.75, 3.05) is 18.9 Å². The number of ketones is 1. The van der Waals surface area contributed by atoms with Crippen molar-refractivity contribution >= 4 is 11.5 Å². The van der Waals surface area contributed by atoms with Gasteiger partial charge in [-0.1, -0.05) is 20.8 Å². The molecule has 0 aromatic heterocycles. The van der Waals surface area contributed by atoms with Gasteiger partial charge in [0.25, 0.3) is 0 Å². The highest BCUT2D eigenvalue weighted by Crippen LogP contribution is 2.27. The molecule has 0 aliphatic heterocycles. The van der Waals surface area contributed by atoms with Crippen LogP contribution in [0.1, 0.15) is 31.1 Å². The van der Waals surface area contributed by atoms with Gasteiger partial charge in [-0.05, 0) is 18.2 Å². The smallest absolute Gasteiger partial charge is 0.168 e. The summed E-state index contributed by atoms with van der Waals surface area (Å²) in [6, 6.07) is 4.96. The molecule has 0 aliphatic rings. The second kappa shape index (κ2) is 5.19. The fourth-order valence-electron chi connectivity index (χ4n) is 1.41. The minimum atomic E-state index is -0.431. The fraction of sp³-hybridized carbons (Fsp3) is 0.462. The highest BCUT2D eigenvalue weighted by molar-refractivity contribution is 6.00. The summed E-state index contributed by atoms with van der Waals surface area (Å²) in [5.74, 6) is 0.530. The summed E-state index contributed by atoms with van der Waals surface area (Å²) in [6.45, 7) is 5.71. The van der Waals surface area contributed by atoms with Gasteiger partial charge in [-0.2, -0.15) is 0 Å². The molecule has 0 fully saturated rings.